The van der Waals surface area contributed by atoms with E-state index in [1.165, 1.54) is 35.0 Å². The molecule has 1 aromatic rings. The van der Waals surface area contributed by atoms with Crippen molar-refractivity contribution in [2.24, 2.45) is 16.7 Å². The maximum absolute atomic E-state index is 3.84. The van der Waals surface area contributed by atoms with Gasteiger partial charge in [-0.15, -0.1) is 0 Å². The van der Waals surface area contributed by atoms with Gasteiger partial charge in [0, 0.05) is 16.2 Å². The number of hydrogen-bond donors (Lipinski definition) is 1. The fourth-order valence-corrected chi connectivity index (χ4v) is 4.89. The molecule has 2 aliphatic rings. The molecule has 0 aliphatic heterocycles. The smallest absolute Gasteiger partial charge is 0.0368 e. The lowest BCUT2D eigenvalue weighted by atomic mass is 9.68. The van der Waals surface area contributed by atoms with Crippen LogP contribution in [-0.4, -0.2) is 6.04 Å². The standard InChI is InChI=1S/C17H24BrN/c1-11-5-6-13(9-14(11)18)19-15-16(2,3)12-7-8-17(15,4)10-12/h5-6,9,12,15,19H,7-8,10H2,1-4H3/t12-,15?,17+/m0/s1. The largest absolute Gasteiger partial charge is 0.381 e. The first-order valence-electron chi connectivity index (χ1n) is 7.36. The summed E-state index contributed by atoms with van der Waals surface area (Å²) in [6.45, 7) is 9.51. The van der Waals surface area contributed by atoms with Crippen LogP contribution in [0.1, 0.15) is 45.6 Å². The molecule has 2 saturated carbocycles. The average molecular weight is 322 g/mol. The summed E-state index contributed by atoms with van der Waals surface area (Å²) in [4.78, 5) is 0. The predicted octanol–water partition coefficient (Wildman–Crippen LogP) is 5.38. The molecule has 1 aromatic carbocycles. The van der Waals surface area contributed by atoms with Gasteiger partial charge in [0.15, 0.2) is 0 Å². The normalized spacial score (nSPS) is 35.6. The second-order valence-electron chi connectivity index (χ2n) is 7.46. The number of benzene rings is 1. The fraction of sp³-hybridized carbons (Fsp3) is 0.647. The number of aryl methyl sites for hydroxylation is 1. The third-order valence-electron chi connectivity index (χ3n) is 5.75. The number of anilines is 1. The van der Waals surface area contributed by atoms with Crippen LogP contribution in [-0.2, 0) is 0 Å². The summed E-state index contributed by atoms with van der Waals surface area (Å²) < 4.78 is 1.20. The summed E-state index contributed by atoms with van der Waals surface area (Å²) in [5.74, 6) is 0.892. The molecule has 19 heavy (non-hydrogen) atoms. The second-order valence-corrected chi connectivity index (χ2v) is 8.31. The molecule has 3 atom stereocenters. The van der Waals surface area contributed by atoms with Gasteiger partial charge in [-0.1, -0.05) is 42.8 Å². The topological polar surface area (TPSA) is 12.0 Å². The van der Waals surface area contributed by atoms with E-state index in [4.69, 9.17) is 0 Å². The van der Waals surface area contributed by atoms with Crippen LogP contribution in [0.4, 0.5) is 5.69 Å². The van der Waals surface area contributed by atoms with E-state index >= 15 is 0 Å². The summed E-state index contributed by atoms with van der Waals surface area (Å²) >= 11 is 3.64. The molecule has 0 heterocycles. The van der Waals surface area contributed by atoms with Crippen molar-refractivity contribution in [3.63, 3.8) is 0 Å². The van der Waals surface area contributed by atoms with Crippen molar-refractivity contribution in [1.29, 1.82) is 0 Å². The molecule has 0 radical (unpaired) electrons. The number of rotatable bonds is 2. The molecule has 1 unspecified atom stereocenters. The Bertz CT molecular complexity index is 503. The summed E-state index contributed by atoms with van der Waals surface area (Å²) in [6, 6.07) is 7.22. The molecular formula is C17H24BrN. The van der Waals surface area contributed by atoms with Gasteiger partial charge in [0.1, 0.15) is 0 Å². The molecular weight excluding hydrogens is 298 g/mol. The number of halogens is 1. The van der Waals surface area contributed by atoms with Crippen LogP contribution in [0.3, 0.4) is 0 Å². The minimum Gasteiger partial charge on any atom is -0.381 e. The van der Waals surface area contributed by atoms with Crippen LogP contribution in [0.15, 0.2) is 22.7 Å². The Labute approximate surface area is 125 Å². The number of fused-ring (bicyclic) bond motifs is 2. The first kappa shape index (κ1) is 13.5. The summed E-state index contributed by atoms with van der Waals surface area (Å²) in [7, 11) is 0. The van der Waals surface area contributed by atoms with Gasteiger partial charge < -0.3 is 5.32 Å². The zero-order valence-electron chi connectivity index (χ0n) is 12.4. The lowest BCUT2D eigenvalue weighted by Gasteiger charge is -2.43. The summed E-state index contributed by atoms with van der Waals surface area (Å²) in [5.41, 5.74) is 3.43. The number of hydrogen-bond acceptors (Lipinski definition) is 1. The van der Waals surface area contributed by atoms with Crippen LogP contribution in [0.25, 0.3) is 0 Å². The zero-order chi connectivity index (χ0) is 13.8. The van der Waals surface area contributed by atoms with Crippen molar-refractivity contribution in [2.75, 3.05) is 5.32 Å². The highest BCUT2D eigenvalue weighted by molar-refractivity contribution is 9.10. The molecule has 0 saturated heterocycles. The molecule has 0 spiro atoms. The van der Waals surface area contributed by atoms with Crippen molar-refractivity contribution >= 4 is 21.6 Å². The van der Waals surface area contributed by atoms with Crippen LogP contribution in [0.5, 0.6) is 0 Å². The van der Waals surface area contributed by atoms with Crippen LogP contribution < -0.4 is 5.32 Å². The first-order chi connectivity index (χ1) is 8.83. The quantitative estimate of drug-likeness (QED) is 0.770. The van der Waals surface area contributed by atoms with E-state index in [9.17, 15) is 0 Å². The third kappa shape index (κ3) is 2.03. The van der Waals surface area contributed by atoms with E-state index in [1.54, 1.807) is 0 Å². The lowest BCUT2D eigenvalue weighted by molar-refractivity contribution is 0.155. The molecule has 0 amide bonds. The zero-order valence-corrected chi connectivity index (χ0v) is 14.0. The lowest BCUT2D eigenvalue weighted by Crippen LogP contribution is -2.45. The minimum atomic E-state index is 0.407. The van der Waals surface area contributed by atoms with Crippen molar-refractivity contribution < 1.29 is 0 Å². The van der Waals surface area contributed by atoms with Crippen LogP contribution in [0.2, 0.25) is 0 Å². The Morgan fingerprint density at radius 1 is 1.26 bits per heavy atom. The molecule has 2 heteroatoms. The molecule has 2 aliphatic carbocycles. The van der Waals surface area contributed by atoms with Gasteiger partial charge in [-0.3, -0.25) is 0 Å². The molecule has 2 bridgehead atoms. The van der Waals surface area contributed by atoms with E-state index in [0.29, 0.717) is 16.9 Å². The van der Waals surface area contributed by atoms with Gasteiger partial charge in [0.25, 0.3) is 0 Å². The predicted molar refractivity (Wildman–Crippen MR) is 85.5 cm³/mol. The highest BCUT2D eigenvalue weighted by Gasteiger charge is 2.59. The Morgan fingerprint density at radius 3 is 2.58 bits per heavy atom. The van der Waals surface area contributed by atoms with E-state index in [1.807, 2.05) is 0 Å². The first-order valence-corrected chi connectivity index (χ1v) is 8.15. The van der Waals surface area contributed by atoms with Gasteiger partial charge in [0.05, 0.1) is 0 Å². The van der Waals surface area contributed by atoms with Crippen LogP contribution in [0, 0.1) is 23.7 Å². The average Bonchev–Trinajstić information content (AvgIpc) is 2.80. The molecule has 3 rings (SSSR count). The summed E-state index contributed by atoms with van der Waals surface area (Å²) in [5, 5.41) is 3.84. The summed E-state index contributed by atoms with van der Waals surface area (Å²) in [6.07, 6.45) is 4.19. The Hall–Kier alpha value is -0.500. The van der Waals surface area contributed by atoms with Gasteiger partial charge in [-0.25, -0.2) is 0 Å². The number of nitrogens with one attached hydrogen (secondary N) is 1. The van der Waals surface area contributed by atoms with Crippen molar-refractivity contribution in [2.45, 2.75) is 53.0 Å². The Morgan fingerprint density at radius 2 is 2.00 bits per heavy atom. The maximum Gasteiger partial charge on any atom is 0.0368 e. The van der Waals surface area contributed by atoms with Gasteiger partial charge in [-0.05, 0) is 60.6 Å². The minimum absolute atomic E-state index is 0.407. The third-order valence-corrected chi connectivity index (χ3v) is 6.61. The van der Waals surface area contributed by atoms with Crippen molar-refractivity contribution in [3.8, 4) is 0 Å². The van der Waals surface area contributed by atoms with E-state index in [0.717, 1.165) is 5.92 Å². The monoisotopic (exact) mass is 321 g/mol. The fourth-order valence-electron chi connectivity index (χ4n) is 4.51. The van der Waals surface area contributed by atoms with Crippen molar-refractivity contribution in [1.82, 2.24) is 0 Å². The molecule has 2 fully saturated rings. The SMILES string of the molecule is Cc1ccc(NC2C(C)(C)[C@H]3CC[C@]2(C)C3)cc1Br. The molecule has 0 aromatic heterocycles. The van der Waals surface area contributed by atoms with Crippen LogP contribution >= 0.6 is 15.9 Å². The second kappa shape index (κ2) is 4.25. The molecule has 104 valence electrons. The van der Waals surface area contributed by atoms with Crippen molar-refractivity contribution in [3.05, 3.63) is 28.2 Å². The Balaban J connectivity index is 1.88. The van der Waals surface area contributed by atoms with E-state index < -0.39 is 0 Å². The highest BCUT2D eigenvalue weighted by Crippen LogP contribution is 2.63. The molecule has 1 nitrogen and oxygen atoms in total. The maximum atomic E-state index is 3.84. The van der Waals surface area contributed by atoms with Gasteiger partial charge in [0.2, 0.25) is 0 Å². The van der Waals surface area contributed by atoms with E-state index in [-0.39, 0.29) is 0 Å². The molecule has 1 N–H and O–H groups in total. The highest BCUT2D eigenvalue weighted by atomic mass is 79.9. The van der Waals surface area contributed by atoms with Gasteiger partial charge in [-0.2, -0.15) is 0 Å². The van der Waals surface area contributed by atoms with E-state index in [2.05, 4.69) is 67.1 Å². The Kier molecular flexibility index (Phi) is 3.01. The van der Waals surface area contributed by atoms with Gasteiger partial charge >= 0.3 is 0 Å².